The van der Waals surface area contributed by atoms with Gasteiger partial charge in [-0.15, -0.1) is 0 Å². The molecule has 0 unspecified atom stereocenters. The van der Waals surface area contributed by atoms with E-state index in [2.05, 4.69) is 91.0 Å². The predicted molar refractivity (Wildman–Crippen MR) is 209 cm³/mol. The topological polar surface area (TPSA) is 13.1 Å². The van der Waals surface area contributed by atoms with Gasteiger partial charge in [0.1, 0.15) is 11.2 Å². The van der Waals surface area contributed by atoms with Crippen LogP contribution in [0.4, 0.5) is 0 Å². The van der Waals surface area contributed by atoms with Crippen molar-refractivity contribution < 1.29 is 14.0 Å². The number of fused-ring (bicyclic) bond motifs is 5. The lowest BCUT2D eigenvalue weighted by Crippen LogP contribution is -1.90. The summed E-state index contributed by atoms with van der Waals surface area (Å²) < 4.78 is 67.6. The lowest BCUT2D eigenvalue weighted by molar-refractivity contribution is 0.670. The van der Waals surface area contributed by atoms with Crippen LogP contribution in [-0.2, 0) is 0 Å². The van der Waals surface area contributed by atoms with E-state index in [-0.39, 0.29) is 40.5 Å². The molecule has 10 aromatic carbocycles. The first-order valence-electron chi connectivity index (χ1n) is 19.9. The molecule has 0 saturated carbocycles. The third-order valence-corrected chi connectivity index (χ3v) is 10.1. The molecule has 1 aromatic heterocycles. The summed E-state index contributed by atoms with van der Waals surface area (Å²) in [6.45, 7) is 0. The van der Waals surface area contributed by atoms with E-state index >= 15 is 0 Å². The summed E-state index contributed by atoms with van der Waals surface area (Å²) in [5.74, 6) is 0. The zero-order chi connectivity index (χ0) is 38.1. The highest BCUT2D eigenvalue weighted by Gasteiger charge is 2.20. The molecule has 0 radical (unpaired) electrons. The van der Waals surface area contributed by atoms with Crippen LogP contribution in [0.25, 0.3) is 109 Å². The molecule has 226 valence electrons. The quantitative estimate of drug-likeness (QED) is 0.178. The fourth-order valence-corrected chi connectivity index (χ4v) is 7.91. The highest BCUT2D eigenvalue weighted by atomic mass is 16.3. The van der Waals surface area contributed by atoms with Gasteiger partial charge in [-0.1, -0.05) is 158 Å². The molecular weight excluding hydrogens is 593 g/mol. The molecule has 0 N–H and O–H groups in total. The Morgan fingerprint density at radius 3 is 1.88 bits per heavy atom. The van der Waals surface area contributed by atoms with Crippen LogP contribution >= 0.6 is 0 Å². The Hall–Kier alpha value is -6.44. The van der Waals surface area contributed by atoms with Crippen molar-refractivity contribution in [1.82, 2.24) is 0 Å². The van der Waals surface area contributed by atoms with Crippen LogP contribution in [0.3, 0.4) is 0 Å². The fourth-order valence-electron chi connectivity index (χ4n) is 7.91. The van der Waals surface area contributed by atoms with Crippen molar-refractivity contribution in [3.63, 3.8) is 0 Å². The van der Waals surface area contributed by atoms with Crippen LogP contribution in [-0.4, -0.2) is 0 Å². The molecule has 0 fully saturated rings. The van der Waals surface area contributed by atoms with Gasteiger partial charge in [0.05, 0.1) is 9.60 Å². The Morgan fingerprint density at radius 1 is 0.367 bits per heavy atom. The third kappa shape index (κ3) is 3.82. The molecule has 0 spiro atoms. The Morgan fingerprint density at radius 2 is 1.00 bits per heavy atom. The molecule has 0 aliphatic rings. The fraction of sp³-hybridized carbons (Fsp3) is 0. The third-order valence-electron chi connectivity index (χ3n) is 10.1. The van der Waals surface area contributed by atoms with E-state index in [0.29, 0.717) is 5.56 Å². The molecule has 0 amide bonds. The first kappa shape index (κ1) is 20.7. The predicted octanol–water partition coefficient (Wildman–Crippen LogP) is 13.8. The molecule has 0 aliphatic carbocycles. The van der Waals surface area contributed by atoms with E-state index in [1.165, 1.54) is 5.39 Å². The summed E-state index contributed by atoms with van der Waals surface area (Å²) in [7, 11) is 0. The summed E-state index contributed by atoms with van der Waals surface area (Å²) in [5.41, 5.74) is 6.60. The van der Waals surface area contributed by atoms with Crippen LogP contribution in [0.1, 0.15) is 9.60 Å². The Balaban J connectivity index is 1.17. The van der Waals surface area contributed by atoms with Gasteiger partial charge in [-0.25, -0.2) is 0 Å². The zero-order valence-electron chi connectivity index (χ0n) is 33.0. The molecule has 49 heavy (non-hydrogen) atoms. The van der Waals surface area contributed by atoms with Crippen LogP contribution in [0.2, 0.25) is 0 Å². The van der Waals surface area contributed by atoms with Gasteiger partial charge >= 0.3 is 0 Å². The second kappa shape index (κ2) is 10.0. The molecule has 1 heterocycles. The molecule has 1 nitrogen and oxygen atoms in total. The highest BCUT2D eigenvalue weighted by Crippen LogP contribution is 2.46. The normalized spacial score (nSPS) is 14.1. The number of benzene rings is 10. The number of furan rings is 1. The summed E-state index contributed by atoms with van der Waals surface area (Å²) in [6, 6.07) is 41.2. The van der Waals surface area contributed by atoms with E-state index in [1.807, 2.05) is 36.4 Å². The number of para-hydroxylation sites is 1. The Labute approximate surface area is 292 Å². The first-order chi connectivity index (χ1) is 27.2. The van der Waals surface area contributed by atoms with Crippen molar-refractivity contribution in [2.45, 2.75) is 0 Å². The largest absolute Gasteiger partial charge is 0.455 e. The summed E-state index contributed by atoms with van der Waals surface area (Å²) in [5, 5.41) is 10.1. The molecule has 0 atom stereocenters. The van der Waals surface area contributed by atoms with Gasteiger partial charge in [0.15, 0.2) is 0 Å². The standard InChI is InChI=1S/C48H28O/c1-2-10-33-28-34(19-18-29(33)8-1)36-24-20-31-23-27-41-38(25-21-32-22-26-40(36)45(31)46(32)41)39-14-7-17-44-47(39)43-16-6-15-42(48(43)49-44)37-13-5-11-30-9-3-4-12-35(30)37/h1-28H/i1D,2D,8D,10D,18D,19D,28D. The van der Waals surface area contributed by atoms with Crippen LogP contribution in [0.15, 0.2) is 174 Å². The zero-order valence-corrected chi connectivity index (χ0v) is 26.0. The summed E-state index contributed by atoms with van der Waals surface area (Å²) in [4.78, 5) is 0. The van der Waals surface area contributed by atoms with Crippen molar-refractivity contribution in [3.8, 4) is 33.4 Å². The maximum atomic E-state index is 9.28. The lowest BCUT2D eigenvalue weighted by Gasteiger charge is -2.17. The monoisotopic (exact) mass is 627 g/mol. The van der Waals surface area contributed by atoms with Crippen LogP contribution in [0.5, 0.6) is 0 Å². The van der Waals surface area contributed by atoms with Crippen LogP contribution in [0, 0.1) is 0 Å². The van der Waals surface area contributed by atoms with E-state index < -0.39 is 18.1 Å². The second-order valence-electron chi connectivity index (χ2n) is 12.6. The average molecular weight is 628 g/mol. The molecular formula is C48H28O. The minimum absolute atomic E-state index is 0.0518. The van der Waals surface area contributed by atoms with Gasteiger partial charge in [-0.2, -0.15) is 0 Å². The van der Waals surface area contributed by atoms with E-state index in [9.17, 15) is 1.37 Å². The summed E-state index contributed by atoms with van der Waals surface area (Å²) in [6.07, 6.45) is 0. The van der Waals surface area contributed by atoms with Gasteiger partial charge in [-0.3, -0.25) is 0 Å². The van der Waals surface area contributed by atoms with Crippen molar-refractivity contribution >= 4 is 75.8 Å². The minimum Gasteiger partial charge on any atom is -0.455 e. The first-order valence-corrected chi connectivity index (χ1v) is 16.4. The van der Waals surface area contributed by atoms with E-state index in [1.54, 1.807) is 0 Å². The van der Waals surface area contributed by atoms with Gasteiger partial charge in [0.2, 0.25) is 0 Å². The highest BCUT2D eigenvalue weighted by molar-refractivity contribution is 6.29. The summed E-state index contributed by atoms with van der Waals surface area (Å²) >= 11 is 0. The maximum Gasteiger partial charge on any atom is 0.143 e. The van der Waals surface area contributed by atoms with Crippen LogP contribution < -0.4 is 0 Å². The molecule has 0 saturated heterocycles. The SMILES string of the molecule is [2H]c1c([2H])c([2H])c2c([2H])c(-c3ccc4ccc5c(-c6cccc7oc8c(-c9cccc%10ccccc9%10)cccc8c67)ccc6ccc3c4c65)c([2H])c([2H])c2c1[2H]. The van der Waals surface area contributed by atoms with Gasteiger partial charge in [0, 0.05) is 16.3 Å². The molecule has 11 rings (SSSR count). The van der Waals surface area contributed by atoms with Gasteiger partial charge < -0.3 is 4.42 Å². The maximum absolute atomic E-state index is 9.28. The van der Waals surface area contributed by atoms with Crippen molar-refractivity contribution in [2.75, 3.05) is 0 Å². The smallest absolute Gasteiger partial charge is 0.143 e. The number of hydrogen-bond acceptors (Lipinski definition) is 1. The Kier molecular flexibility index (Phi) is 4.24. The minimum atomic E-state index is -0.481. The van der Waals surface area contributed by atoms with E-state index in [4.69, 9.17) is 12.6 Å². The van der Waals surface area contributed by atoms with Gasteiger partial charge in [-0.05, 0) is 93.8 Å². The van der Waals surface area contributed by atoms with Gasteiger partial charge in [0.25, 0.3) is 0 Å². The molecule has 0 aliphatic heterocycles. The number of hydrogen-bond donors (Lipinski definition) is 0. The van der Waals surface area contributed by atoms with Crippen molar-refractivity contribution in [2.24, 2.45) is 0 Å². The molecule has 11 aromatic rings. The lowest BCUT2D eigenvalue weighted by atomic mass is 9.86. The molecule has 1 heteroatoms. The van der Waals surface area contributed by atoms with Crippen molar-refractivity contribution in [3.05, 3.63) is 170 Å². The van der Waals surface area contributed by atoms with E-state index in [0.717, 1.165) is 81.9 Å². The number of rotatable bonds is 3. The average Bonchev–Trinajstić information content (AvgIpc) is 3.62. The molecule has 0 bridgehead atoms. The Bertz CT molecular complexity index is 3510. The second-order valence-corrected chi connectivity index (χ2v) is 12.6. The van der Waals surface area contributed by atoms with Crippen molar-refractivity contribution in [1.29, 1.82) is 0 Å².